The summed E-state index contributed by atoms with van der Waals surface area (Å²) in [6.45, 7) is 1.32. The van der Waals surface area contributed by atoms with Crippen molar-refractivity contribution in [3.05, 3.63) is 29.8 Å². The van der Waals surface area contributed by atoms with Gasteiger partial charge in [-0.3, -0.25) is 0 Å². The molecule has 0 radical (unpaired) electrons. The van der Waals surface area contributed by atoms with Gasteiger partial charge in [0.25, 0.3) is 0 Å². The Morgan fingerprint density at radius 1 is 0.944 bits per heavy atom. The SMILES string of the molecule is NC1CCN(C(=O)Oc2ccc(C3CCC[C@]4(C3)OO[C@@]3(CC5CCC6CC5CC3C6)O4)cc2)CC1. The number of ether oxygens (including phenoxy) is 2. The van der Waals surface area contributed by atoms with Gasteiger partial charge in [0, 0.05) is 44.3 Å². The first-order valence-corrected chi connectivity index (χ1v) is 14.4. The molecule has 7 rings (SSSR count). The molecule has 2 saturated heterocycles. The molecule has 36 heavy (non-hydrogen) atoms. The van der Waals surface area contributed by atoms with E-state index in [4.69, 9.17) is 25.0 Å². The summed E-state index contributed by atoms with van der Waals surface area (Å²) in [6, 6.07) is 8.20. The number of carbonyl (C=O) groups excluding carboxylic acids is 1. The van der Waals surface area contributed by atoms with Gasteiger partial charge in [0.15, 0.2) is 0 Å². The molecule has 1 aromatic carbocycles. The zero-order valence-corrected chi connectivity index (χ0v) is 21.2. The third-order valence-corrected chi connectivity index (χ3v) is 10.3. The van der Waals surface area contributed by atoms with E-state index >= 15 is 0 Å². The molecule has 1 amide bonds. The van der Waals surface area contributed by atoms with Crippen molar-refractivity contribution in [3.63, 3.8) is 0 Å². The van der Waals surface area contributed by atoms with Crippen molar-refractivity contribution in [3.8, 4) is 5.75 Å². The molecule has 5 unspecified atom stereocenters. The fourth-order valence-corrected chi connectivity index (χ4v) is 8.38. The fraction of sp³-hybridized carbons (Fsp3) is 0.759. The zero-order valence-electron chi connectivity index (χ0n) is 21.2. The van der Waals surface area contributed by atoms with Crippen LogP contribution >= 0.6 is 0 Å². The molecule has 7 atom stereocenters. The lowest BCUT2D eigenvalue weighted by atomic mass is 9.55. The van der Waals surface area contributed by atoms with Gasteiger partial charge in [-0.15, -0.1) is 0 Å². The quantitative estimate of drug-likeness (QED) is 0.546. The molecular formula is C29H40N2O5. The molecule has 3 bridgehead atoms. The average molecular weight is 497 g/mol. The maximum Gasteiger partial charge on any atom is 0.415 e. The number of hydrogen-bond donors (Lipinski definition) is 1. The minimum atomic E-state index is -0.632. The highest BCUT2D eigenvalue weighted by molar-refractivity contribution is 5.70. The predicted molar refractivity (Wildman–Crippen MR) is 133 cm³/mol. The van der Waals surface area contributed by atoms with Crippen LogP contribution in [-0.4, -0.2) is 41.7 Å². The summed E-state index contributed by atoms with van der Waals surface area (Å²) < 4.78 is 12.6. The number of hydrogen-bond acceptors (Lipinski definition) is 6. The summed E-state index contributed by atoms with van der Waals surface area (Å²) in [5, 5.41) is 0. The lowest BCUT2D eigenvalue weighted by molar-refractivity contribution is -0.375. The number of nitrogens with two attached hydrogens (primary N) is 1. The molecule has 196 valence electrons. The molecule has 4 aliphatic carbocycles. The van der Waals surface area contributed by atoms with Gasteiger partial charge in [-0.1, -0.05) is 18.6 Å². The normalized spacial score (nSPS) is 42.2. The largest absolute Gasteiger partial charge is 0.415 e. The Bertz CT molecular complexity index is 976. The van der Waals surface area contributed by atoms with Crippen molar-refractivity contribution in [1.82, 2.24) is 4.90 Å². The Balaban J connectivity index is 1.01. The number of amides is 1. The Morgan fingerprint density at radius 2 is 1.78 bits per heavy atom. The fourth-order valence-electron chi connectivity index (χ4n) is 8.38. The van der Waals surface area contributed by atoms with Gasteiger partial charge in [-0.05, 0) is 92.7 Å². The van der Waals surface area contributed by atoms with Gasteiger partial charge in [0.05, 0.1) is 0 Å². The number of nitrogens with zero attached hydrogens (tertiary/aromatic N) is 1. The van der Waals surface area contributed by atoms with Crippen molar-refractivity contribution >= 4 is 6.09 Å². The minimum absolute atomic E-state index is 0.188. The second kappa shape index (κ2) is 8.97. The standard InChI is InChI=1S/C29H40N2O5/c30-25-9-12-31(13-10-25)27(32)33-26-7-5-20(6-8-26)21-2-1-11-28(17-21)34-29(36-35-28)18-22-4-3-19-14-23(22)16-24(29)15-19/h5-8,19,21-25H,1-4,9-18,30H2/t19?,21?,22?,23?,24?,28-,29-/m1/s1. The first-order chi connectivity index (χ1) is 17.5. The van der Waals surface area contributed by atoms with Crippen molar-refractivity contribution in [1.29, 1.82) is 0 Å². The van der Waals surface area contributed by atoms with Gasteiger partial charge >= 0.3 is 6.09 Å². The number of likely N-dealkylation sites (tertiary alicyclic amines) is 1. The third kappa shape index (κ3) is 4.16. The molecule has 7 nitrogen and oxygen atoms in total. The Morgan fingerprint density at radius 3 is 2.61 bits per heavy atom. The number of benzene rings is 1. The van der Waals surface area contributed by atoms with Crippen molar-refractivity contribution < 1.29 is 24.0 Å². The predicted octanol–water partition coefficient (Wildman–Crippen LogP) is 5.48. The molecule has 0 aromatic heterocycles. The summed E-state index contributed by atoms with van der Waals surface area (Å²) in [6.07, 6.45) is 12.8. The van der Waals surface area contributed by atoms with Crippen LogP contribution in [0.25, 0.3) is 0 Å². The number of fused-ring (bicyclic) bond motifs is 3. The van der Waals surface area contributed by atoms with Gasteiger partial charge in [-0.25, -0.2) is 4.79 Å². The van der Waals surface area contributed by atoms with E-state index in [0.29, 0.717) is 30.7 Å². The maximum atomic E-state index is 12.5. The van der Waals surface area contributed by atoms with Crippen LogP contribution < -0.4 is 10.5 Å². The van der Waals surface area contributed by atoms with Gasteiger partial charge in [-0.2, -0.15) is 9.78 Å². The highest BCUT2D eigenvalue weighted by Crippen LogP contribution is 2.61. The first kappa shape index (κ1) is 23.4. The van der Waals surface area contributed by atoms with E-state index in [1.54, 1.807) is 4.90 Å². The maximum absolute atomic E-state index is 12.5. The topological polar surface area (TPSA) is 83.3 Å². The highest BCUT2D eigenvalue weighted by atomic mass is 17.3. The van der Waals surface area contributed by atoms with Gasteiger partial charge in [0.1, 0.15) is 5.75 Å². The number of piperidine rings is 1. The van der Waals surface area contributed by atoms with E-state index in [2.05, 4.69) is 12.1 Å². The first-order valence-electron chi connectivity index (χ1n) is 14.4. The van der Waals surface area contributed by atoms with Crippen molar-refractivity contribution in [2.45, 2.75) is 101 Å². The van der Waals surface area contributed by atoms with Crippen LogP contribution in [0.1, 0.15) is 88.5 Å². The van der Waals surface area contributed by atoms with Gasteiger partial charge < -0.3 is 20.1 Å². The second-order valence-corrected chi connectivity index (χ2v) is 12.6. The number of rotatable bonds is 2. The van der Waals surface area contributed by atoms with E-state index in [0.717, 1.165) is 62.7 Å². The summed E-state index contributed by atoms with van der Waals surface area (Å²) in [4.78, 5) is 26.7. The number of carbonyl (C=O) groups is 1. The molecule has 7 heteroatoms. The lowest BCUT2D eigenvalue weighted by Crippen LogP contribution is -2.54. The van der Waals surface area contributed by atoms with E-state index in [9.17, 15) is 4.79 Å². The van der Waals surface area contributed by atoms with E-state index in [1.807, 2.05) is 12.1 Å². The van der Waals surface area contributed by atoms with Crippen molar-refractivity contribution in [2.24, 2.45) is 29.4 Å². The van der Waals surface area contributed by atoms with Gasteiger partial charge in [0.2, 0.25) is 11.6 Å². The minimum Gasteiger partial charge on any atom is -0.410 e. The molecule has 6 fully saturated rings. The average Bonchev–Trinajstić information content (AvgIpc) is 3.24. The molecule has 6 aliphatic rings. The summed E-state index contributed by atoms with van der Waals surface area (Å²) in [7, 11) is 0. The summed E-state index contributed by atoms with van der Waals surface area (Å²) in [5.74, 6) is 2.69. The molecule has 2 N–H and O–H groups in total. The molecule has 2 aliphatic heterocycles. The monoisotopic (exact) mass is 496 g/mol. The summed E-state index contributed by atoms with van der Waals surface area (Å²) >= 11 is 0. The highest BCUT2D eigenvalue weighted by Gasteiger charge is 2.63. The van der Waals surface area contributed by atoms with Crippen LogP contribution in [0.5, 0.6) is 5.75 Å². The smallest absolute Gasteiger partial charge is 0.410 e. The molecule has 4 saturated carbocycles. The summed E-state index contributed by atoms with van der Waals surface area (Å²) in [5.41, 5.74) is 7.19. The van der Waals surface area contributed by atoms with Crippen molar-refractivity contribution in [2.75, 3.05) is 13.1 Å². The van der Waals surface area contributed by atoms with Crippen LogP contribution in [0.3, 0.4) is 0 Å². The molecule has 2 heterocycles. The molecular weight excluding hydrogens is 456 g/mol. The van der Waals surface area contributed by atoms with Crippen LogP contribution in [0.4, 0.5) is 4.79 Å². The molecule has 2 spiro atoms. The Kier molecular flexibility index (Phi) is 5.84. The Hall–Kier alpha value is -1.67. The Labute approximate surface area is 213 Å². The van der Waals surface area contributed by atoms with E-state index < -0.39 is 11.6 Å². The molecule has 1 aromatic rings. The van der Waals surface area contributed by atoms with Crippen LogP contribution in [0, 0.1) is 23.7 Å². The van der Waals surface area contributed by atoms with Crippen LogP contribution in [0.2, 0.25) is 0 Å². The van der Waals surface area contributed by atoms with Crippen LogP contribution in [0.15, 0.2) is 24.3 Å². The zero-order chi connectivity index (χ0) is 24.3. The van der Waals surface area contributed by atoms with E-state index in [-0.39, 0.29) is 12.1 Å². The van der Waals surface area contributed by atoms with E-state index in [1.165, 1.54) is 37.7 Å². The lowest BCUT2D eigenvalue weighted by Gasteiger charge is -2.54. The third-order valence-electron chi connectivity index (χ3n) is 10.3. The second-order valence-electron chi connectivity index (χ2n) is 12.6. The van der Waals surface area contributed by atoms with Crippen LogP contribution in [-0.2, 0) is 14.5 Å².